The SMILES string of the molecule is CCNc1nc(-n2ccnc2)c(Cl)cc1Cl. The second-order valence-corrected chi connectivity index (χ2v) is 3.94. The lowest BCUT2D eigenvalue weighted by Crippen LogP contribution is -2.04. The lowest BCUT2D eigenvalue weighted by atomic mass is 10.4. The molecule has 0 aromatic carbocycles. The summed E-state index contributed by atoms with van der Waals surface area (Å²) in [5, 5.41) is 4.07. The molecular weight excluding hydrogens is 247 g/mol. The Morgan fingerprint density at radius 3 is 2.81 bits per heavy atom. The molecule has 0 atom stereocenters. The number of imidazole rings is 1. The first kappa shape index (κ1) is 11.2. The van der Waals surface area contributed by atoms with Crippen molar-refractivity contribution in [2.45, 2.75) is 6.92 Å². The summed E-state index contributed by atoms with van der Waals surface area (Å²) in [5.74, 6) is 1.23. The van der Waals surface area contributed by atoms with Crippen LogP contribution in [0.2, 0.25) is 10.0 Å². The fraction of sp³-hybridized carbons (Fsp3) is 0.200. The molecule has 4 nitrogen and oxygen atoms in total. The molecule has 0 saturated carbocycles. The van der Waals surface area contributed by atoms with Crippen LogP contribution in [0.4, 0.5) is 5.82 Å². The van der Waals surface area contributed by atoms with Crippen LogP contribution in [0.25, 0.3) is 5.82 Å². The van der Waals surface area contributed by atoms with Gasteiger partial charge in [0.1, 0.15) is 12.1 Å². The topological polar surface area (TPSA) is 42.7 Å². The Kier molecular flexibility index (Phi) is 3.31. The number of nitrogens with zero attached hydrogens (tertiary/aromatic N) is 3. The molecule has 0 spiro atoms. The Morgan fingerprint density at radius 2 is 2.19 bits per heavy atom. The zero-order valence-corrected chi connectivity index (χ0v) is 10.1. The van der Waals surface area contributed by atoms with E-state index in [9.17, 15) is 0 Å². The number of pyridine rings is 1. The van der Waals surface area contributed by atoms with Gasteiger partial charge in [-0.15, -0.1) is 0 Å². The third kappa shape index (κ3) is 2.13. The van der Waals surface area contributed by atoms with Crippen molar-refractivity contribution < 1.29 is 0 Å². The first-order chi connectivity index (χ1) is 7.72. The molecule has 0 amide bonds. The molecule has 0 aliphatic carbocycles. The first-order valence-electron chi connectivity index (χ1n) is 4.80. The van der Waals surface area contributed by atoms with E-state index in [1.54, 1.807) is 29.4 Å². The number of hydrogen-bond donors (Lipinski definition) is 1. The predicted octanol–water partition coefficient (Wildman–Crippen LogP) is 3.01. The van der Waals surface area contributed by atoms with Gasteiger partial charge in [-0.05, 0) is 13.0 Å². The van der Waals surface area contributed by atoms with Gasteiger partial charge in [0.15, 0.2) is 5.82 Å². The lowest BCUT2D eigenvalue weighted by Gasteiger charge is -2.09. The number of anilines is 1. The van der Waals surface area contributed by atoms with Gasteiger partial charge in [0.25, 0.3) is 0 Å². The summed E-state index contributed by atoms with van der Waals surface area (Å²) in [4.78, 5) is 8.30. The molecule has 2 heterocycles. The Balaban J connectivity index is 2.49. The maximum atomic E-state index is 6.07. The smallest absolute Gasteiger partial charge is 0.159 e. The van der Waals surface area contributed by atoms with Gasteiger partial charge in [0.2, 0.25) is 0 Å². The van der Waals surface area contributed by atoms with E-state index in [0.29, 0.717) is 21.7 Å². The number of halogens is 2. The summed E-state index contributed by atoms with van der Waals surface area (Å²) in [6.45, 7) is 2.72. The van der Waals surface area contributed by atoms with Gasteiger partial charge in [-0.3, -0.25) is 4.57 Å². The molecule has 6 heteroatoms. The molecule has 2 aromatic heterocycles. The number of hydrogen-bond acceptors (Lipinski definition) is 3. The van der Waals surface area contributed by atoms with E-state index in [1.807, 2.05) is 6.92 Å². The normalized spacial score (nSPS) is 10.4. The molecule has 16 heavy (non-hydrogen) atoms. The van der Waals surface area contributed by atoms with Crippen LogP contribution < -0.4 is 5.32 Å². The molecule has 1 N–H and O–H groups in total. The largest absolute Gasteiger partial charge is 0.369 e. The first-order valence-corrected chi connectivity index (χ1v) is 5.56. The molecular formula is C10H10Cl2N4. The van der Waals surface area contributed by atoms with Gasteiger partial charge in [0, 0.05) is 18.9 Å². The highest BCUT2D eigenvalue weighted by Crippen LogP contribution is 2.27. The van der Waals surface area contributed by atoms with E-state index in [-0.39, 0.29) is 0 Å². The summed E-state index contributed by atoms with van der Waals surface area (Å²) in [6.07, 6.45) is 5.08. The van der Waals surface area contributed by atoms with Crippen LogP contribution in [-0.2, 0) is 0 Å². The molecule has 0 bridgehead atoms. The summed E-state index contributed by atoms with van der Waals surface area (Å²) in [6, 6.07) is 1.67. The van der Waals surface area contributed by atoms with E-state index in [0.717, 1.165) is 6.54 Å². The van der Waals surface area contributed by atoms with Crippen molar-refractivity contribution in [1.82, 2.24) is 14.5 Å². The standard InChI is InChI=1S/C10H10Cl2N4/c1-2-14-9-7(11)5-8(12)10(15-9)16-4-3-13-6-16/h3-6H,2H2,1H3,(H,14,15). The third-order valence-electron chi connectivity index (χ3n) is 2.00. The fourth-order valence-electron chi connectivity index (χ4n) is 1.31. The molecule has 0 aliphatic heterocycles. The molecule has 0 saturated heterocycles. The highest BCUT2D eigenvalue weighted by atomic mass is 35.5. The molecule has 0 unspecified atom stereocenters. The van der Waals surface area contributed by atoms with E-state index >= 15 is 0 Å². The zero-order chi connectivity index (χ0) is 11.5. The van der Waals surface area contributed by atoms with Gasteiger partial charge < -0.3 is 5.32 Å². The maximum Gasteiger partial charge on any atom is 0.159 e. The molecule has 0 fully saturated rings. The molecule has 84 valence electrons. The molecule has 2 aromatic rings. The molecule has 2 rings (SSSR count). The Hall–Kier alpha value is -1.26. The minimum Gasteiger partial charge on any atom is -0.369 e. The van der Waals surface area contributed by atoms with Crippen molar-refractivity contribution in [3.63, 3.8) is 0 Å². The van der Waals surface area contributed by atoms with Gasteiger partial charge >= 0.3 is 0 Å². The predicted molar refractivity (Wildman–Crippen MR) is 65.5 cm³/mol. The Bertz CT molecular complexity index is 482. The van der Waals surface area contributed by atoms with Crippen LogP contribution in [-0.4, -0.2) is 21.1 Å². The minimum absolute atomic E-state index is 0.490. The van der Waals surface area contributed by atoms with Crippen LogP contribution in [0.5, 0.6) is 0 Å². The maximum absolute atomic E-state index is 6.07. The van der Waals surface area contributed by atoms with Gasteiger partial charge in [-0.1, -0.05) is 23.2 Å². The van der Waals surface area contributed by atoms with E-state index in [2.05, 4.69) is 15.3 Å². The summed E-state index contributed by atoms with van der Waals surface area (Å²) in [5.41, 5.74) is 0. The van der Waals surface area contributed by atoms with Crippen molar-refractivity contribution >= 4 is 29.0 Å². The number of rotatable bonds is 3. The second-order valence-electron chi connectivity index (χ2n) is 3.12. The van der Waals surface area contributed by atoms with Crippen molar-refractivity contribution in [1.29, 1.82) is 0 Å². The minimum atomic E-state index is 0.490. The van der Waals surface area contributed by atoms with Crippen LogP contribution in [0.1, 0.15) is 6.92 Å². The van der Waals surface area contributed by atoms with Crippen molar-refractivity contribution in [2.24, 2.45) is 0 Å². The Morgan fingerprint density at radius 1 is 1.38 bits per heavy atom. The highest BCUT2D eigenvalue weighted by Gasteiger charge is 2.09. The summed E-state index contributed by atoms with van der Waals surface area (Å²) in [7, 11) is 0. The van der Waals surface area contributed by atoms with E-state index in [1.165, 1.54) is 0 Å². The lowest BCUT2D eigenvalue weighted by molar-refractivity contribution is 0.989. The summed E-state index contributed by atoms with van der Waals surface area (Å²) >= 11 is 12.1. The van der Waals surface area contributed by atoms with E-state index < -0.39 is 0 Å². The van der Waals surface area contributed by atoms with Crippen LogP contribution in [0.15, 0.2) is 24.8 Å². The fourth-order valence-corrected chi connectivity index (χ4v) is 1.84. The van der Waals surface area contributed by atoms with Crippen molar-refractivity contribution in [2.75, 3.05) is 11.9 Å². The molecule has 0 radical (unpaired) electrons. The zero-order valence-electron chi connectivity index (χ0n) is 8.61. The second kappa shape index (κ2) is 4.72. The van der Waals surface area contributed by atoms with Crippen LogP contribution in [0, 0.1) is 0 Å². The van der Waals surface area contributed by atoms with Crippen LogP contribution in [0.3, 0.4) is 0 Å². The quantitative estimate of drug-likeness (QED) is 0.919. The monoisotopic (exact) mass is 256 g/mol. The van der Waals surface area contributed by atoms with E-state index in [4.69, 9.17) is 23.2 Å². The molecule has 0 aliphatic rings. The Labute approximate surface area is 103 Å². The van der Waals surface area contributed by atoms with Gasteiger partial charge in [-0.25, -0.2) is 9.97 Å². The average Bonchev–Trinajstić information content (AvgIpc) is 2.75. The van der Waals surface area contributed by atoms with Gasteiger partial charge in [0.05, 0.1) is 10.0 Å². The van der Waals surface area contributed by atoms with Crippen LogP contribution >= 0.6 is 23.2 Å². The van der Waals surface area contributed by atoms with Crippen molar-refractivity contribution in [3.05, 3.63) is 34.8 Å². The number of nitrogens with one attached hydrogen (secondary N) is 1. The highest BCUT2D eigenvalue weighted by molar-refractivity contribution is 6.36. The van der Waals surface area contributed by atoms with Crippen molar-refractivity contribution in [3.8, 4) is 5.82 Å². The third-order valence-corrected chi connectivity index (χ3v) is 2.57. The average molecular weight is 257 g/mol. The van der Waals surface area contributed by atoms with Gasteiger partial charge in [-0.2, -0.15) is 0 Å². The summed E-state index contributed by atoms with van der Waals surface area (Å²) < 4.78 is 1.74. The number of aromatic nitrogens is 3.